The topological polar surface area (TPSA) is 88.8 Å². The average Bonchev–Trinajstić information content (AvgIpc) is 3.34. The molecule has 3 aromatic rings. The highest BCUT2D eigenvalue weighted by Crippen LogP contribution is 2.23. The predicted octanol–water partition coefficient (Wildman–Crippen LogP) is 3.96. The van der Waals surface area contributed by atoms with Gasteiger partial charge < -0.3 is 14.5 Å². The van der Waals surface area contributed by atoms with Gasteiger partial charge in [-0.25, -0.2) is 8.42 Å². The van der Waals surface area contributed by atoms with Gasteiger partial charge >= 0.3 is 0 Å². The molecule has 0 bridgehead atoms. The summed E-state index contributed by atoms with van der Waals surface area (Å²) >= 11 is 0. The largest absolute Gasteiger partial charge is 0.489 e. The van der Waals surface area contributed by atoms with Crippen LogP contribution in [0, 0.1) is 0 Å². The van der Waals surface area contributed by atoms with Crippen molar-refractivity contribution in [2.45, 2.75) is 37.5 Å². The Balaban J connectivity index is 1.38. The lowest BCUT2D eigenvalue weighted by atomic mass is 10.2. The minimum absolute atomic E-state index is 0.0386. The molecular weight excluding hydrogens is 428 g/mol. The SMILES string of the molecule is O=C(NCc1ccccc1OCc1ccccc1)c1ccc(S(=O)(=O)N2CCCCC2)o1. The number of sulfonamides is 1. The van der Waals surface area contributed by atoms with E-state index in [9.17, 15) is 13.2 Å². The van der Waals surface area contributed by atoms with Crippen LogP contribution in [0.15, 0.2) is 76.2 Å². The lowest BCUT2D eigenvalue weighted by molar-refractivity contribution is 0.0917. The number of carbonyl (C=O) groups is 1. The van der Waals surface area contributed by atoms with Crippen LogP contribution >= 0.6 is 0 Å². The van der Waals surface area contributed by atoms with E-state index in [0.29, 0.717) is 25.4 Å². The monoisotopic (exact) mass is 454 g/mol. The van der Waals surface area contributed by atoms with Gasteiger partial charge in [-0.3, -0.25) is 4.79 Å². The van der Waals surface area contributed by atoms with Crippen molar-refractivity contribution >= 4 is 15.9 Å². The fraction of sp³-hybridized carbons (Fsp3) is 0.292. The highest BCUT2D eigenvalue weighted by molar-refractivity contribution is 7.89. The number of amides is 1. The number of piperidine rings is 1. The molecule has 1 aliphatic rings. The number of benzene rings is 2. The standard InChI is InChI=1S/C24H26N2O5S/c27-24(22-13-14-23(31-22)32(28,29)26-15-7-2-8-16-26)25-17-20-11-5-6-12-21(20)30-18-19-9-3-1-4-10-19/h1,3-6,9-14H,2,7-8,15-18H2,(H,25,27). The van der Waals surface area contributed by atoms with Crippen molar-refractivity contribution in [1.29, 1.82) is 0 Å². The number of hydrogen-bond acceptors (Lipinski definition) is 5. The molecule has 0 atom stereocenters. The van der Waals surface area contributed by atoms with Crippen molar-refractivity contribution in [3.8, 4) is 5.75 Å². The second kappa shape index (κ2) is 10.0. The highest BCUT2D eigenvalue weighted by Gasteiger charge is 2.29. The molecule has 2 heterocycles. The Labute approximate surface area is 188 Å². The summed E-state index contributed by atoms with van der Waals surface area (Å²) in [5.74, 6) is 0.149. The quantitative estimate of drug-likeness (QED) is 0.557. The van der Waals surface area contributed by atoms with Crippen molar-refractivity contribution < 1.29 is 22.4 Å². The van der Waals surface area contributed by atoms with Crippen LogP contribution in [0.5, 0.6) is 5.75 Å². The molecule has 8 heteroatoms. The molecule has 1 saturated heterocycles. The summed E-state index contributed by atoms with van der Waals surface area (Å²) in [5.41, 5.74) is 1.86. The zero-order valence-corrected chi connectivity index (χ0v) is 18.5. The molecule has 1 fully saturated rings. The van der Waals surface area contributed by atoms with E-state index in [2.05, 4.69) is 5.32 Å². The van der Waals surface area contributed by atoms with E-state index >= 15 is 0 Å². The summed E-state index contributed by atoms with van der Waals surface area (Å²) in [6.45, 7) is 1.59. The molecule has 0 radical (unpaired) electrons. The fourth-order valence-corrected chi connectivity index (χ4v) is 5.03. The molecule has 0 spiro atoms. The Hall–Kier alpha value is -3.10. The molecule has 7 nitrogen and oxygen atoms in total. The number of para-hydroxylation sites is 1. The number of ether oxygens (including phenoxy) is 1. The van der Waals surface area contributed by atoms with E-state index in [1.807, 2.05) is 54.6 Å². The number of rotatable bonds is 8. The van der Waals surface area contributed by atoms with Crippen LogP contribution in [0.25, 0.3) is 0 Å². The number of carbonyl (C=O) groups excluding carboxylic acids is 1. The first-order chi connectivity index (χ1) is 15.5. The van der Waals surface area contributed by atoms with Crippen LogP contribution in [-0.4, -0.2) is 31.7 Å². The summed E-state index contributed by atoms with van der Waals surface area (Å²) in [5, 5.41) is 2.58. The van der Waals surface area contributed by atoms with Gasteiger partial charge in [-0.1, -0.05) is 55.0 Å². The molecule has 168 valence electrons. The predicted molar refractivity (Wildman–Crippen MR) is 120 cm³/mol. The molecule has 0 aliphatic carbocycles. The Bertz CT molecular complexity index is 1150. The third-order valence-electron chi connectivity index (χ3n) is 5.36. The summed E-state index contributed by atoms with van der Waals surface area (Å²) in [6.07, 6.45) is 2.69. The minimum atomic E-state index is -3.72. The third kappa shape index (κ3) is 5.20. The van der Waals surface area contributed by atoms with E-state index in [0.717, 1.165) is 30.4 Å². The summed E-state index contributed by atoms with van der Waals surface area (Å²) in [6, 6.07) is 20.0. The molecule has 2 aromatic carbocycles. The molecule has 1 N–H and O–H groups in total. The lowest BCUT2D eigenvalue weighted by Crippen LogP contribution is -2.35. The lowest BCUT2D eigenvalue weighted by Gasteiger charge is -2.24. The molecule has 1 aromatic heterocycles. The van der Waals surface area contributed by atoms with Crippen molar-refractivity contribution in [2.24, 2.45) is 0 Å². The fourth-order valence-electron chi connectivity index (χ4n) is 3.60. The van der Waals surface area contributed by atoms with Gasteiger partial charge in [-0.15, -0.1) is 0 Å². The normalized spacial score (nSPS) is 14.8. The smallest absolute Gasteiger partial charge is 0.287 e. The van der Waals surface area contributed by atoms with Gasteiger partial charge in [0.25, 0.3) is 15.9 Å². The summed E-state index contributed by atoms with van der Waals surface area (Å²) in [4.78, 5) is 12.6. The van der Waals surface area contributed by atoms with Crippen LogP contribution in [0.3, 0.4) is 0 Å². The van der Waals surface area contributed by atoms with Crippen LogP contribution < -0.4 is 10.1 Å². The first kappa shape index (κ1) is 22.1. The maximum atomic E-state index is 12.7. The van der Waals surface area contributed by atoms with Gasteiger partial charge in [0, 0.05) is 25.2 Å². The van der Waals surface area contributed by atoms with Crippen LogP contribution in [-0.2, 0) is 23.2 Å². The van der Waals surface area contributed by atoms with E-state index < -0.39 is 15.9 Å². The number of nitrogens with zero attached hydrogens (tertiary/aromatic N) is 1. The summed E-state index contributed by atoms with van der Waals surface area (Å²) < 4.78 is 38.2. The molecule has 0 saturated carbocycles. The van der Waals surface area contributed by atoms with Crippen molar-refractivity contribution in [3.05, 3.63) is 83.6 Å². The van der Waals surface area contributed by atoms with Crippen LogP contribution in [0.4, 0.5) is 0 Å². The van der Waals surface area contributed by atoms with Crippen LogP contribution in [0.2, 0.25) is 0 Å². The van der Waals surface area contributed by atoms with Gasteiger partial charge in [0.1, 0.15) is 12.4 Å². The van der Waals surface area contributed by atoms with E-state index in [-0.39, 0.29) is 17.4 Å². The van der Waals surface area contributed by atoms with Gasteiger partial charge in [0.05, 0.1) is 0 Å². The Morgan fingerprint density at radius 3 is 2.44 bits per heavy atom. The highest BCUT2D eigenvalue weighted by atomic mass is 32.2. The van der Waals surface area contributed by atoms with Crippen molar-refractivity contribution in [1.82, 2.24) is 9.62 Å². The van der Waals surface area contributed by atoms with Crippen molar-refractivity contribution in [3.63, 3.8) is 0 Å². The first-order valence-electron chi connectivity index (χ1n) is 10.7. The molecule has 4 rings (SSSR count). The van der Waals surface area contributed by atoms with E-state index in [1.165, 1.54) is 16.4 Å². The maximum Gasteiger partial charge on any atom is 0.287 e. The van der Waals surface area contributed by atoms with E-state index in [4.69, 9.17) is 9.15 Å². The molecule has 1 aliphatic heterocycles. The minimum Gasteiger partial charge on any atom is -0.489 e. The first-order valence-corrected chi connectivity index (χ1v) is 12.1. The molecular formula is C24H26N2O5S. The number of furan rings is 1. The van der Waals surface area contributed by atoms with Gasteiger partial charge in [-0.05, 0) is 36.6 Å². The Morgan fingerprint density at radius 1 is 0.938 bits per heavy atom. The van der Waals surface area contributed by atoms with Crippen molar-refractivity contribution in [2.75, 3.05) is 13.1 Å². The second-order valence-electron chi connectivity index (χ2n) is 7.65. The van der Waals surface area contributed by atoms with Gasteiger partial charge in [-0.2, -0.15) is 4.31 Å². The zero-order chi connectivity index (χ0) is 22.4. The second-order valence-corrected chi connectivity index (χ2v) is 9.52. The van der Waals surface area contributed by atoms with Crippen LogP contribution in [0.1, 0.15) is 40.9 Å². The van der Waals surface area contributed by atoms with Gasteiger partial charge in [0.15, 0.2) is 5.76 Å². The number of nitrogens with one attached hydrogen (secondary N) is 1. The number of hydrogen-bond donors (Lipinski definition) is 1. The van der Waals surface area contributed by atoms with E-state index in [1.54, 1.807) is 0 Å². The summed E-state index contributed by atoms with van der Waals surface area (Å²) in [7, 11) is -3.72. The Kier molecular flexibility index (Phi) is 6.92. The average molecular weight is 455 g/mol. The third-order valence-corrected chi connectivity index (χ3v) is 7.14. The maximum absolute atomic E-state index is 12.7. The molecule has 32 heavy (non-hydrogen) atoms. The molecule has 0 unspecified atom stereocenters. The zero-order valence-electron chi connectivity index (χ0n) is 17.7. The molecule has 1 amide bonds. The van der Waals surface area contributed by atoms with Gasteiger partial charge in [0.2, 0.25) is 5.09 Å². The Morgan fingerprint density at radius 2 is 1.66 bits per heavy atom.